The van der Waals surface area contributed by atoms with Gasteiger partial charge in [0.1, 0.15) is 11.4 Å². The zero-order valence-corrected chi connectivity index (χ0v) is 19.5. The maximum atomic E-state index is 5.65. The number of nitrogens with zero attached hydrogens (tertiary/aromatic N) is 1. The Labute approximate surface area is 178 Å². The first-order valence-corrected chi connectivity index (χ1v) is 11.2. The van der Waals surface area contributed by atoms with Crippen molar-refractivity contribution in [3.8, 4) is 5.75 Å². The largest absolute Gasteiger partial charge is 0.496 e. The van der Waals surface area contributed by atoms with E-state index in [9.17, 15) is 0 Å². The number of rotatable bonds is 10. The van der Waals surface area contributed by atoms with E-state index in [1.54, 1.807) is 7.11 Å². The van der Waals surface area contributed by atoms with E-state index >= 15 is 0 Å². The molecule has 3 heteroatoms. The van der Waals surface area contributed by atoms with E-state index in [-0.39, 0.29) is 0 Å². The van der Waals surface area contributed by atoms with Crippen LogP contribution in [0.4, 0.5) is 11.4 Å². The highest BCUT2D eigenvalue weighted by Gasteiger charge is 2.14. The van der Waals surface area contributed by atoms with Gasteiger partial charge in [0, 0.05) is 36.0 Å². The van der Waals surface area contributed by atoms with Crippen molar-refractivity contribution in [2.75, 3.05) is 32.1 Å². The summed E-state index contributed by atoms with van der Waals surface area (Å²) in [7, 11) is 3.87. The number of hydrogen-bond donors (Lipinski definition) is 1. The molecular formula is C26H41N2O+. The summed E-state index contributed by atoms with van der Waals surface area (Å²) in [5.41, 5.74) is 5.14. The van der Waals surface area contributed by atoms with Gasteiger partial charge in [0.25, 0.3) is 0 Å². The number of allylic oxidation sites excluding steroid dienone is 1. The van der Waals surface area contributed by atoms with Crippen molar-refractivity contribution in [2.24, 2.45) is 0 Å². The second kappa shape index (κ2) is 13.8. The van der Waals surface area contributed by atoms with Crippen LogP contribution >= 0.6 is 0 Å². The Morgan fingerprint density at radius 1 is 1.03 bits per heavy atom. The number of anilines is 1. The topological polar surface area (TPSA) is 29.1 Å². The van der Waals surface area contributed by atoms with Crippen molar-refractivity contribution in [3.63, 3.8) is 0 Å². The van der Waals surface area contributed by atoms with Crippen molar-refractivity contribution in [1.29, 1.82) is 0 Å². The Morgan fingerprint density at radius 3 is 2.31 bits per heavy atom. The third kappa shape index (κ3) is 6.93. The predicted molar refractivity (Wildman–Crippen MR) is 129 cm³/mol. The molecule has 0 spiro atoms. The van der Waals surface area contributed by atoms with E-state index < -0.39 is 0 Å². The van der Waals surface area contributed by atoms with E-state index in [0.717, 1.165) is 37.2 Å². The van der Waals surface area contributed by atoms with Gasteiger partial charge in [-0.15, -0.1) is 0 Å². The first kappa shape index (κ1) is 24.8. The molecule has 0 bridgehead atoms. The maximum absolute atomic E-state index is 5.65. The Morgan fingerprint density at radius 2 is 1.72 bits per heavy atom. The van der Waals surface area contributed by atoms with E-state index in [0.29, 0.717) is 5.92 Å². The number of nitrogens with two attached hydrogens (primary N) is 1. The van der Waals surface area contributed by atoms with E-state index in [4.69, 9.17) is 4.74 Å². The zero-order chi connectivity index (χ0) is 21.6. The highest BCUT2D eigenvalue weighted by Crippen LogP contribution is 2.30. The normalized spacial score (nSPS) is 11.7. The van der Waals surface area contributed by atoms with Crippen molar-refractivity contribution >= 4 is 17.5 Å². The quantitative estimate of drug-likeness (QED) is 0.499. The van der Waals surface area contributed by atoms with Gasteiger partial charge in [-0.2, -0.15) is 0 Å². The fourth-order valence-corrected chi connectivity index (χ4v) is 3.64. The molecule has 2 aromatic carbocycles. The van der Waals surface area contributed by atoms with Gasteiger partial charge in [0.15, 0.2) is 0 Å². The SMILES string of the molecule is CC.CCC(C/C=C/c1ccc(N(CC)CC)cc1OC)c1ccccc1[NH2+]C. The van der Waals surface area contributed by atoms with Crippen molar-refractivity contribution < 1.29 is 10.1 Å². The molecule has 0 fully saturated rings. The van der Waals surface area contributed by atoms with Crippen LogP contribution in [-0.2, 0) is 0 Å². The van der Waals surface area contributed by atoms with Crippen LogP contribution in [0.2, 0.25) is 0 Å². The maximum Gasteiger partial charge on any atom is 0.132 e. The average Bonchev–Trinajstić information content (AvgIpc) is 2.79. The van der Waals surface area contributed by atoms with Crippen LogP contribution in [0, 0.1) is 0 Å². The Kier molecular flexibility index (Phi) is 11.8. The van der Waals surface area contributed by atoms with E-state index in [1.807, 2.05) is 13.8 Å². The third-order valence-corrected chi connectivity index (χ3v) is 5.30. The molecule has 1 atom stereocenters. The molecule has 3 nitrogen and oxygen atoms in total. The lowest BCUT2D eigenvalue weighted by Gasteiger charge is -2.22. The molecule has 2 rings (SSSR count). The lowest BCUT2D eigenvalue weighted by atomic mass is 9.91. The molecule has 0 aliphatic heterocycles. The van der Waals surface area contributed by atoms with Gasteiger partial charge >= 0.3 is 0 Å². The molecule has 0 radical (unpaired) electrons. The number of benzene rings is 2. The summed E-state index contributed by atoms with van der Waals surface area (Å²) in [5.74, 6) is 1.47. The van der Waals surface area contributed by atoms with Crippen molar-refractivity contribution in [1.82, 2.24) is 0 Å². The summed E-state index contributed by atoms with van der Waals surface area (Å²) in [6.45, 7) is 12.6. The van der Waals surface area contributed by atoms with Crippen LogP contribution in [0.25, 0.3) is 6.08 Å². The van der Waals surface area contributed by atoms with Gasteiger partial charge in [0.05, 0.1) is 14.2 Å². The molecule has 160 valence electrons. The fourth-order valence-electron chi connectivity index (χ4n) is 3.64. The molecular weight excluding hydrogens is 356 g/mol. The molecule has 29 heavy (non-hydrogen) atoms. The number of para-hydroxylation sites is 1. The van der Waals surface area contributed by atoms with E-state index in [2.05, 4.69) is 92.7 Å². The van der Waals surface area contributed by atoms with Crippen LogP contribution in [0.1, 0.15) is 64.5 Å². The van der Waals surface area contributed by atoms with Crippen molar-refractivity contribution in [3.05, 3.63) is 59.7 Å². The molecule has 0 saturated carbocycles. The van der Waals surface area contributed by atoms with Crippen LogP contribution in [-0.4, -0.2) is 27.2 Å². The molecule has 1 unspecified atom stereocenters. The summed E-state index contributed by atoms with van der Waals surface area (Å²) >= 11 is 0. The fraction of sp³-hybridized carbons (Fsp3) is 0.462. The highest BCUT2D eigenvalue weighted by molar-refractivity contribution is 5.63. The van der Waals surface area contributed by atoms with E-state index in [1.165, 1.54) is 16.9 Å². The first-order chi connectivity index (χ1) is 14.2. The summed E-state index contributed by atoms with van der Waals surface area (Å²) in [6.07, 6.45) is 6.65. The first-order valence-electron chi connectivity index (χ1n) is 11.2. The summed E-state index contributed by atoms with van der Waals surface area (Å²) in [5, 5.41) is 2.21. The lowest BCUT2D eigenvalue weighted by Crippen LogP contribution is -2.73. The Hall–Kier alpha value is -2.26. The van der Waals surface area contributed by atoms with Crippen molar-refractivity contribution in [2.45, 2.75) is 53.4 Å². The summed E-state index contributed by atoms with van der Waals surface area (Å²) < 4.78 is 5.65. The average molecular weight is 398 g/mol. The van der Waals surface area contributed by atoms with Gasteiger partial charge in [-0.3, -0.25) is 0 Å². The smallest absolute Gasteiger partial charge is 0.132 e. The molecule has 0 amide bonds. The molecule has 0 aliphatic rings. The molecule has 0 aromatic heterocycles. The molecule has 2 aromatic rings. The van der Waals surface area contributed by atoms with Gasteiger partial charge < -0.3 is 15.0 Å². The Bertz CT molecular complexity index is 735. The summed E-state index contributed by atoms with van der Waals surface area (Å²) in [6, 6.07) is 15.2. The molecule has 0 heterocycles. The van der Waals surface area contributed by atoms with Crippen LogP contribution in [0.15, 0.2) is 48.5 Å². The number of quaternary nitrogens is 1. The number of methoxy groups -OCH3 is 1. The third-order valence-electron chi connectivity index (χ3n) is 5.30. The molecule has 2 N–H and O–H groups in total. The second-order valence-electron chi connectivity index (χ2n) is 6.76. The Balaban J connectivity index is 0.00000204. The highest BCUT2D eigenvalue weighted by atomic mass is 16.5. The van der Waals surface area contributed by atoms with Crippen LogP contribution in [0.3, 0.4) is 0 Å². The molecule has 0 saturated heterocycles. The van der Waals surface area contributed by atoms with Gasteiger partial charge in [-0.1, -0.05) is 51.1 Å². The second-order valence-corrected chi connectivity index (χ2v) is 6.76. The summed E-state index contributed by atoms with van der Waals surface area (Å²) in [4.78, 5) is 2.33. The number of ether oxygens (including phenoxy) is 1. The van der Waals surface area contributed by atoms with Gasteiger partial charge in [-0.05, 0) is 50.8 Å². The lowest BCUT2D eigenvalue weighted by molar-refractivity contribution is -0.540. The van der Waals surface area contributed by atoms with Crippen LogP contribution < -0.4 is 15.0 Å². The zero-order valence-electron chi connectivity index (χ0n) is 19.5. The number of hydrogen-bond acceptors (Lipinski definition) is 2. The standard InChI is InChI=1S/C24H34N2O.C2H6/c1-6-19(22-14-9-10-15-23(22)25-4)12-11-13-20-16-17-21(18-24(20)27-5)26(7-2)8-3;1-2/h9-11,13-19,25H,6-8,12H2,1-5H3;1-2H3/p+1/b13-11+;. The molecule has 0 aliphatic carbocycles. The monoisotopic (exact) mass is 397 g/mol. The minimum atomic E-state index is 0.537. The predicted octanol–water partition coefficient (Wildman–Crippen LogP) is 5.99. The van der Waals surface area contributed by atoms with Crippen LogP contribution in [0.5, 0.6) is 5.75 Å². The van der Waals surface area contributed by atoms with Gasteiger partial charge in [0.2, 0.25) is 0 Å². The minimum absolute atomic E-state index is 0.537. The minimum Gasteiger partial charge on any atom is -0.496 e. The van der Waals surface area contributed by atoms with Gasteiger partial charge in [-0.25, -0.2) is 0 Å².